The largest absolute Gasteiger partial charge is 0.496 e. The Hall–Kier alpha value is -1.23. The molecule has 1 rings (SSSR count). The van der Waals surface area contributed by atoms with Crippen LogP contribution in [0, 0.1) is 0 Å². The lowest BCUT2D eigenvalue weighted by Crippen LogP contribution is -2.34. The van der Waals surface area contributed by atoms with Crippen LogP contribution in [0.15, 0.2) is 24.3 Å². The fourth-order valence-electron chi connectivity index (χ4n) is 2.13. The zero-order valence-electron chi connectivity index (χ0n) is 11.4. The van der Waals surface area contributed by atoms with Crippen molar-refractivity contribution in [3.8, 4) is 5.75 Å². The maximum Gasteiger partial charge on any atom is 0.390 e. The van der Waals surface area contributed by atoms with Crippen molar-refractivity contribution in [3.05, 3.63) is 29.8 Å². The second-order valence-corrected chi connectivity index (χ2v) is 4.59. The molecule has 1 aromatic rings. The minimum Gasteiger partial charge on any atom is -0.496 e. The molecule has 0 amide bonds. The van der Waals surface area contributed by atoms with E-state index < -0.39 is 18.6 Å². The highest BCUT2D eigenvalue weighted by Gasteiger charge is 2.31. The molecule has 2 unspecified atom stereocenters. The summed E-state index contributed by atoms with van der Waals surface area (Å²) in [5.41, 5.74) is 0.890. The van der Waals surface area contributed by atoms with E-state index in [1.54, 1.807) is 14.0 Å². The van der Waals surface area contributed by atoms with Gasteiger partial charge in [0, 0.05) is 17.6 Å². The van der Waals surface area contributed by atoms with E-state index in [1.165, 1.54) is 0 Å². The van der Waals surface area contributed by atoms with E-state index in [0.717, 1.165) is 5.56 Å². The van der Waals surface area contributed by atoms with Crippen molar-refractivity contribution in [3.63, 3.8) is 0 Å². The third kappa shape index (κ3) is 5.11. The van der Waals surface area contributed by atoms with Gasteiger partial charge >= 0.3 is 6.18 Å². The third-order valence-electron chi connectivity index (χ3n) is 2.95. The zero-order valence-corrected chi connectivity index (χ0v) is 11.4. The normalized spacial score (nSPS) is 15.1. The summed E-state index contributed by atoms with van der Waals surface area (Å²) in [4.78, 5) is 0. The van der Waals surface area contributed by atoms with E-state index in [4.69, 9.17) is 4.74 Å². The number of alkyl halides is 3. The molecule has 0 spiro atoms. The van der Waals surface area contributed by atoms with Gasteiger partial charge in [0.15, 0.2) is 0 Å². The highest BCUT2D eigenvalue weighted by Crippen LogP contribution is 2.29. The standard InChI is InChI=1S/C14H20F3NO/c1-4-12(18-10(2)9-14(15,16)17)11-7-5-6-8-13(11)19-3/h5-8,10,12,18H,4,9H2,1-3H3. The Labute approximate surface area is 112 Å². The number of nitrogens with one attached hydrogen (secondary N) is 1. The van der Waals surface area contributed by atoms with Crippen LogP contribution in [0.3, 0.4) is 0 Å². The van der Waals surface area contributed by atoms with Crippen LogP contribution in [0.5, 0.6) is 5.75 Å². The fourth-order valence-corrected chi connectivity index (χ4v) is 2.13. The fraction of sp³-hybridized carbons (Fsp3) is 0.571. The molecular formula is C14H20F3NO. The summed E-state index contributed by atoms with van der Waals surface area (Å²) < 4.78 is 42.3. The van der Waals surface area contributed by atoms with Gasteiger partial charge in [0.25, 0.3) is 0 Å². The van der Waals surface area contributed by atoms with Crippen LogP contribution in [0.25, 0.3) is 0 Å². The van der Waals surface area contributed by atoms with Gasteiger partial charge in [-0.25, -0.2) is 0 Å². The molecule has 0 saturated heterocycles. The van der Waals surface area contributed by atoms with Crippen molar-refractivity contribution in [2.24, 2.45) is 0 Å². The summed E-state index contributed by atoms with van der Waals surface area (Å²) >= 11 is 0. The highest BCUT2D eigenvalue weighted by atomic mass is 19.4. The van der Waals surface area contributed by atoms with Gasteiger partial charge in [0.2, 0.25) is 0 Å². The summed E-state index contributed by atoms with van der Waals surface area (Å²) in [5, 5.41) is 3.01. The Morgan fingerprint density at radius 3 is 2.42 bits per heavy atom. The molecule has 0 aliphatic heterocycles. The Balaban J connectivity index is 2.78. The van der Waals surface area contributed by atoms with E-state index in [2.05, 4.69) is 5.32 Å². The topological polar surface area (TPSA) is 21.3 Å². The van der Waals surface area contributed by atoms with Crippen molar-refractivity contribution in [1.29, 1.82) is 0 Å². The Kier molecular flexibility index (Phi) is 5.66. The Morgan fingerprint density at radius 2 is 1.89 bits per heavy atom. The number of rotatable bonds is 6. The first-order valence-electron chi connectivity index (χ1n) is 6.33. The lowest BCUT2D eigenvalue weighted by atomic mass is 10.0. The molecule has 19 heavy (non-hydrogen) atoms. The number of halogens is 3. The molecule has 0 radical (unpaired) electrons. The van der Waals surface area contributed by atoms with Gasteiger partial charge in [-0.05, 0) is 19.4 Å². The van der Waals surface area contributed by atoms with Crippen molar-refractivity contribution in [2.75, 3.05) is 7.11 Å². The van der Waals surface area contributed by atoms with Crippen LogP contribution in [0.1, 0.15) is 38.3 Å². The molecule has 0 aliphatic rings. The maximum absolute atomic E-state index is 12.3. The quantitative estimate of drug-likeness (QED) is 0.844. The van der Waals surface area contributed by atoms with E-state index >= 15 is 0 Å². The van der Waals surface area contributed by atoms with Gasteiger partial charge in [-0.1, -0.05) is 25.1 Å². The number of hydrogen-bond acceptors (Lipinski definition) is 2. The predicted octanol–water partition coefficient (Wildman–Crippen LogP) is 4.08. The predicted molar refractivity (Wildman–Crippen MR) is 69.3 cm³/mol. The lowest BCUT2D eigenvalue weighted by Gasteiger charge is -2.24. The first-order chi connectivity index (χ1) is 8.87. The molecule has 0 saturated carbocycles. The molecule has 2 atom stereocenters. The molecule has 0 aliphatic carbocycles. The number of para-hydroxylation sites is 1. The minimum atomic E-state index is -4.15. The monoisotopic (exact) mass is 275 g/mol. The van der Waals surface area contributed by atoms with Crippen molar-refractivity contribution in [1.82, 2.24) is 5.32 Å². The molecule has 108 valence electrons. The third-order valence-corrected chi connectivity index (χ3v) is 2.95. The average Bonchev–Trinajstić information content (AvgIpc) is 2.33. The van der Waals surface area contributed by atoms with Gasteiger partial charge < -0.3 is 10.1 Å². The van der Waals surface area contributed by atoms with Crippen LogP contribution < -0.4 is 10.1 Å². The maximum atomic E-state index is 12.3. The smallest absolute Gasteiger partial charge is 0.390 e. The van der Waals surface area contributed by atoms with E-state index in [1.807, 2.05) is 31.2 Å². The van der Waals surface area contributed by atoms with Crippen LogP contribution in [-0.2, 0) is 0 Å². The van der Waals surface area contributed by atoms with Crippen LogP contribution in [0.2, 0.25) is 0 Å². The van der Waals surface area contributed by atoms with Gasteiger partial charge in [0.1, 0.15) is 5.75 Å². The lowest BCUT2D eigenvalue weighted by molar-refractivity contribution is -0.139. The zero-order chi connectivity index (χ0) is 14.5. The van der Waals surface area contributed by atoms with Crippen molar-refractivity contribution in [2.45, 2.75) is 44.9 Å². The van der Waals surface area contributed by atoms with Gasteiger partial charge in [0.05, 0.1) is 13.5 Å². The Bertz CT molecular complexity index is 393. The molecule has 0 bridgehead atoms. The van der Waals surface area contributed by atoms with Gasteiger partial charge in [-0.3, -0.25) is 0 Å². The van der Waals surface area contributed by atoms with Crippen LogP contribution >= 0.6 is 0 Å². The summed E-state index contributed by atoms with van der Waals surface area (Å²) in [5.74, 6) is 0.695. The summed E-state index contributed by atoms with van der Waals surface area (Å²) in [6.45, 7) is 3.48. The molecule has 2 nitrogen and oxygen atoms in total. The summed E-state index contributed by atoms with van der Waals surface area (Å²) in [7, 11) is 1.56. The molecule has 1 aromatic carbocycles. The van der Waals surface area contributed by atoms with Crippen LogP contribution in [0.4, 0.5) is 13.2 Å². The van der Waals surface area contributed by atoms with Crippen molar-refractivity contribution >= 4 is 0 Å². The van der Waals surface area contributed by atoms with E-state index in [-0.39, 0.29) is 6.04 Å². The average molecular weight is 275 g/mol. The summed E-state index contributed by atoms with van der Waals surface area (Å²) in [6.07, 6.45) is -4.29. The SMILES string of the molecule is CCC(NC(C)CC(F)(F)F)c1ccccc1OC. The molecule has 0 fully saturated rings. The summed E-state index contributed by atoms with van der Waals surface area (Å²) in [6, 6.07) is 6.61. The number of hydrogen-bond donors (Lipinski definition) is 1. The minimum absolute atomic E-state index is 0.145. The van der Waals surface area contributed by atoms with Crippen LogP contribution in [-0.4, -0.2) is 19.3 Å². The van der Waals surface area contributed by atoms with Gasteiger partial charge in [-0.2, -0.15) is 13.2 Å². The number of ether oxygens (including phenoxy) is 1. The number of methoxy groups -OCH3 is 1. The second-order valence-electron chi connectivity index (χ2n) is 4.59. The van der Waals surface area contributed by atoms with Gasteiger partial charge in [-0.15, -0.1) is 0 Å². The first-order valence-corrected chi connectivity index (χ1v) is 6.33. The Morgan fingerprint density at radius 1 is 1.26 bits per heavy atom. The first kappa shape index (κ1) is 15.8. The molecular weight excluding hydrogens is 255 g/mol. The van der Waals surface area contributed by atoms with E-state index in [9.17, 15) is 13.2 Å². The molecule has 0 aromatic heterocycles. The van der Waals surface area contributed by atoms with E-state index in [0.29, 0.717) is 12.2 Å². The molecule has 0 heterocycles. The second kappa shape index (κ2) is 6.80. The highest BCUT2D eigenvalue weighted by molar-refractivity contribution is 5.35. The van der Waals surface area contributed by atoms with Crippen molar-refractivity contribution < 1.29 is 17.9 Å². The molecule has 5 heteroatoms. The molecule has 1 N–H and O–H groups in total. The number of benzene rings is 1.